The molecule has 1 atom stereocenters. The number of methoxy groups -OCH3 is 1. The molecule has 0 aliphatic carbocycles. The minimum absolute atomic E-state index is 0.0408. The van der Waals surface area contributed by atoms with Gasteiger partial charge in [0.2, 0.25) is 0 Å². The quantitative estimate of drug-likeness (QED) is 0.849. The molecule has 1 aromatic carbocycles. The van der Waals surface area contributed by atoms with Gasteiger partial charge in [0.05, 0.1) is 19.6 Å². The van der Waals surface area contributed by atoms with E-state index in [-0.39, 0.29) is 6.42 Å². The first-order chi connectivity index (χ1) is 10.3. The lowest BCUT2D eigenvalue weighted by molar-refractivity contribution is -0.140. The van der Waals surface area contributed by atoms with Gasteiger partial charge >= 0.3 is 12.1 Å². The van der Waals surface area contributed by atoms with E-state index in [1.54, 1.807) is 26.8 Å². The Bertz CT molecular complexity index is 517. The van der Waals surface area contributed by atoms with Crippen molar-refractivity contribution in [3.63, 3.8) is 0 Å². The molecular weight excluding hydrogens is 282 g/mol. The molecule has 0 heterocycles. The Morgan fingerprint density at radius 3 is 2.41 bits per heavy atom. The highest BCUT2D eigenvalue weighted by molar-refractivity contribution is 5.74. The topological polar surface area (TPSA) is 64.6 Å². The Labute approximate surface area is 131 Å². The number of amides is 1. The van der Waals surface area contributed by atoms with Crippen molar-refractivity contribution in [1.82, 2.24) is 5.32 Å². The van der Waals surface area contributed by atoms with Crippen LogP contribution in [0.3, 0.4) is 0 Å². The molecule has 1 rings (SSSR count). The van der Waals surface area contributed by atoms with Gasteiger partial charge in [-0.2, -0.15) is 0 Å². The van der Waals surface area contributed by atoms with Gasteiger partial charge in [0.15, 0.2) is 0 Å². The van der Waals surface area contributed by atoms with Gasteiger partial charge in [-0.05, 0) is 26.3 Å². The molecule has 0 aliphatic rings. The normalized spacial score (nSPS) is 12.7. The van der Waals surface area contributed by atoms with Crippen LogP contribution in [0.25, 0.3) is 6.08 Å². The Morgan fingerprint density at radius 1 is 1.23 bits per heavy atom. The Morgan fingerprint density at radius 2 is 1.86 bits per heavy atom. The van der Waals surface area contributed by atoms with E-state index in [2.05, 4.69) is 10.1 Å². The predicted molar refractivity (Wildman–Crippen MR) is 85.3 cm³/mol. The van der Waals surface area contributed by atoms with E-state index in [9.17, 15) is 9.59 Å². The lowest BCUT2D eigenvalue weighted by Crippen LogP contribution is -2.39. The van der Waals surface area contributed by atoms with E-state index >= 15 is 0 Å². The highest BCUT2D eigenvalue weighted by Crippen LogP contribution is 2.09. The summed E-state index contributed by atoms with van der Waals surface area (Å²) in [6.07, 6.45) is 3.05. The molecule has 1 unspecified atom stereocenters. The van der Waals surface area contributed by atoms with Crippen LogP contribution >= 0.6 is 0 Å². The third kappa shape index (κ3) is 7.47. The second kappa shape index (κ2) is 8.22. The number of esters is 1. The Balaban J connectivity index is 2.73. The number of hydrogen-bond donors (Lipinski definition) is 1. The van der Waals surface area contributed by atoms with E-state index in [1.165, 1.54) is 7.11 Å². The summed E-state index contributed by atoms with van der Waals surface area (Å²) in [7, 11) is 1.31. The van der Waals surface area contributed by atoms with Crippen molar-refractivity contribution in [3.05, 3.63) is 42.0 Å². The predicted octanol–water partition coefficient (Wildman–Crippen LogP) is 3.16. The molecule has 0 aromatic heterocycles. The number of nitrogens with one attached hydrogen (secondary N) is 1. The van der Waals surface area contributed by atoms with Crippen LogP contribution in [0.5, 0.6) is 0 Å². The van der Waals surface area contributed by atoms with Gasteiger partial charge in [-0.3, -0.25) is 4.79 Å². The van der Waals surface area contributed by atoms with E-state index in [0.717, 1.165) is 5.56 Å². The summed E-state index contributed by atoms with van der Waals surface area (Å²) in [6, 6.07) is 9.11. The maximum atomic E-state index is 11.8. The summed E-state index contributed by atoms with van der Waals surface area (Å²) in [5, 5.41) is 2.66. The zero-order valence-corrected chi connectivity index (χ0v) is 13.5. The fraction of sp³-hybridized carbons (Fsp3) is 0.412. The van der Waals surface area contributed by atoms with Crippen LogP contribution in [0.1, 0.15) is 32.8 Å². The van der Waals surface area contributed by atoms with Crippen molar-refractivity contribution in [1.29, 1.82) is 0 Å². The van der Waals surface area contributed by atoms with Gasteiger partial charge in [-0.25, -0.2) is 4.79 Å². The van der Waals surface area contributed by atoms with Gasteiger partial charge in [-0.15, -0.1) is 0 Å². The van der Waals surface area contributed by atoms with Gasteiger partial charge in [-0.1, -0.05) is 42.5 Å². The molecule has 0 radical (unpaired) electrons. The van der Waals surface area contributed by atoms with Crippen molar-refractivity contribution in [2.45, 2.75) is 38.8 Å². The van der Waals surface area contributed by atoms with Crippen LogP contribution in [0.2, 0.25) is 0 Å². The molecule has 0 aliphatic heterocycles. The fourth-order valence-corrected chi connectivity index (χ4v) is 1.68. The largest absolute Gasteiger partial charge is 0.469 e. The number of rotatable bonds is 5. The van der Waals surface area contributed by atoms with Crippen LogP contribution in [0.4, 0.5) is 4.79 Å². The summed E-state index contributed by atoms with van der Waals surface area (Å²) < 4.78 is 9.85. The van der Waals surface area contributed by atoms with Crippen LogP contribution in [-0.4, -0.2) is 30.8 Å². The second-order valence-corrected chi connectivity index (χ2v) is 5.80. The first-order valence-corrected chi connectivity index (χ1v) is 7.10. The molecule has 0 saturated heterocycles. The lowest BCUT2D eigenvalue weighted by atomic mass is 10.1. The zero-order valence-electron chi connectivity index (χ0n) is 13.5. The second-order valence-electron chi connectivity index (χ2n) is 5.80. The summed E-state index contributed by atoms with van der Waals surface area (Å²) in [5.74, 6) is -0.404. The Hall–Kier alpha value is -2.30. The van der Waals surface area contributed by atoms with Crippen LogP contribution < -0.4 is 5.32 Å². The van der Waals surface area contributed by atoms with Gasteiger partial charge < -0.3 is 14.8 Å². The standard InChI is InChI=1S/C17H23NO4/c1-17(2,3)22-16(20)18-14(12-15(19)21-4)11-10-13-8-6-5-7-9-13/h5-11,14H,12H2,1-4H3,(H,18,20)/b11-10+. The molecule has 0 saturated carbocycles. The van der Waals surface area contributed by atoms with E-state index in [4.69, 9.17) is 4.74 Å². The SMILES string of the molecule is COC(=O)CC(/C=C/c1ccccc1)NC(=O)OC(C)(C)C. The highest BCUT2D eigenvalue weighted by Gasteiger charge is 2.20. The molecule has 1 N–H and O–H groups in total. The molecule has 22 heavy (non-hydrogen) atoms. The molecule has 0 bridgehead atoms. The lowest BCUT2D eigenvalue weighted by Gasteiger charge is -2.22. The molecule has 5 nitrogen and oxygen atoms in total. The number of benzene rings is 1. The highest BCUT2D eigenvalue weighted by atomic mass is 16.6. The maximum absolute atomic E-state index is 11.8. The fourth-order valence-electron chi connectivity index (χ4n) is 1.68. The average molecular weight is 305 g/mol. The summed E-state index contributed by atoms with van der Waals surface area (Å²) >= 11 is 0. The molecule has 0 spiro atoms. The zero-order chi connectivity index (χ0) is 16.6. The minimum Gasteiger partial charge on any atom is -0.469 e. The number of carbonyl (C=O) groups excluding carboxylic acids is 2. The van der Waals surface area contributed by atoms with Crippen molar-refractivity contribution < 1.29 is 19.1 Å². The van der Waals surface area contributed by atoms with Crippen LogP contribution in [-0.2, 0) is 14.3 Å². The minimum atomic E-state index is -0.594. The molecule has 120 valence electrons. The van der Waals surface area contributed by atoms with Crippen molar-refractivity contribution in [2.75, 3.05) is 7.11 Å². The first kappa shape index (κ1) is 17.8. The Kier molecular flexibility index (Phi) is 6.63. The monoisotopic (exact) mass is 305 g/mol. The van der Waals surface area contributed by atoms with E-state index in [0.29, 0.717) is 0 Å². The van der Waals surface area contributed by atoms with E-state index < -0.39 is 23.7 Å². The number of ether oxygens (including phenoxy) is 2. The van der Waals surface area contributed by atoms with Crippen molar-refractivity contribution in [2.24, 2.45) is 0 Å². The maximum Gasteiger partial charge on any atom is 0.408 e. The average Bonchev–Trinajstić information content (AvgIpc) is 2.43. The van der Waals surface area contributed by atoms with Crippen LogP contribution in [0, 0.1) is 0 Å². The van der Waals surface area contributed by atoms with Crippen molar-refractivity contribution >= 4 is 18.1 Å². The van der Waals surface area contributed by atoms with Crippen LogP contribution in [0.15, 0.2) is 36.4 Å². The number of alkyl carbamates (subject to hydrolysis) is 1. The van der Waals surface area contributed by atoms with Gasteiger partial charge in [0.1, 0.15) is 5.60 Å². The first-order valence-electron chi connectivity index (χ1n) is 7.10. The third-order valence-corrected chi connectivity index (χ3v) is 2.64. The molecule has 1 aromatic rings. The third-order valence-electron chi connectivity index (χ3n) is 2.64. The molecule has 1 amide bonds. The van der Waals surface area contributed by atoms with Gasteiger partial charge in [0, 0.05) is 0 Å². The molecule has 5 heteroatoms. The summed E-state index contributed by atoms with van der Waals surface area (Å²) in [6.45, 7) is 5.34. The molecular formula is C17H23NO4. The van der Waals surface area contributed by atoms with Gasteiger partial charge in [0.25, 0.3) is 0 Å². The number of carbonyl (C=O) groups is 2. The molecule has 0 fully saturated rings. The van der Waals surface area contributed by atoms with E-state index in [1.807, 2.05) is 36.4 Å². The van der Waals surface area contributed by atoms with Crippen molar-refractivity contribution in [3.8, 4) is 0 Å². The number of hydrogen-bond acceptors (Lipinski definition) is 4. The summed E-state index contributed by atoms with van der Waals surface area (Å²) in [5.41, 5.74) is 0.381. The summed E-state index contributed by atoms with van der Waals surface area (Å²) in [4.78, 5) is 23.3. The smallest absolute Gasteiger partial charge is 0.408 e.